The van der Waals surface area contributed by atoms with Gasteiger partial charge in [-0.1, -0.05) is 6.07 Å². The maximum atomic E-state index is 10.9. The lowest BCUT2D eigenvalue weighted by molar-refractivity contribution is -0.139. The number of carbonyl (C=O) groups is 1. The van der Waals surface area contributed by atoms with Gasteiger partial charge in [0.1, 0.15) is 0 Å². The summed E-state index contributed by atoms with van der Waals surface area (Å²) in [5.74, 6) is 1.12. The second-order valence-electron chi connectivity index (χ2n) is 3.60. The van der Waals surface area contributed by atoms with Crippen LogP contribution in [0.2, 0.25) is 0 Å². The Morgan fingerprint density at radius 1 is 1.28 bits per heavy atom. The quantitative estimate of drug-likeness (QED) is 0.743. The van der Waals surface area contributed by atoms with Gasteiger partial charge in [0.05, 0.1) is 27.4 Å². The second-order valence-corrected chi connectivity index (χ2v) is 3.60. The fourth-order valence-electron chi connectivity index (χ4n) is 1.48. The van der Waals surface area contributed by atoms with Crippen molar-refractivity contribution in [3.05, 3.63) is 23.8 Å². The van der Waals surface area contributed by atoms with Crippen LogP contribution in [-0.4, -0.2) is 33.3 Å². The predicted molar refractivity (Wildman–Crippen MR) is 67.9 cm³/mol. The van der Waals surface area contributed by atoms with Gasteiger partial charge in [-0.05, 0) is 24.6 Å². The van der Waals surface area contributed by atoms with Crippen LogP contribution >= 0.6 is 0 Å². The Morgan fingerprint density at radius 2 is 2.06 bits per heavy atom. The first-order valence-electron chi connectivity index (χ1n) is 5.78. The summed E-state index contributed by atoms with van der Waals surface area (Å²) in [5.41, 5.74) is 1.01. The van der Waals surface area contributed by atoms with Gasteiger partial charge < -0.3 is 19.5 Å². The van der Waals surface area contributed by atoms with E-state index < -0.39 is 0 Å². The van der Waals surface area contributed by atoms with E-state index in [-0.39, 0.29) is 12.5 Å². The van der Waals surface area contributed by atoms with Crippen LogP contribution in [0.4, 0.5) is 0 Å². The first kappa shape index (κ1) is 14.3. The van der Waals surface area contributed by atoms with Gasteiger partial charge in [-0.25, -0.2) is 0 Å². The summed E-state index contributed by atoms with van der Waals surface area (Å²) in [6.45, 7) is 3.27. The first-order valence-corrected chi connectivity index (χ1v) is 5.78. The molecule has 100 valence electrons. The van der Waals surface area contributed by atoms with E-state index in [0.717, 1.165) is 11.3 Å². The number of ether oxygens (including phenoxy) is 3. The zero-order chi connectivity index (χ0) is 13.4. The molecule has 0 unspecified atom stereocenters. The Hall–Kier alpha value is -1.75. The molecule has 0 aliphatic rings. The van der Waals surface area contributed by atoms with Gasteiger partial charge in [0.15, 0.2) is 11.5 Å². The van der Waals surface area contributed by atoms with Crippen LogP contribution in [0.3, 0.4) is 0 Å². The summed E-state index contributed by atoms with van der Waals surface area (Å²) in [7, 11) is 2.97. The molecule has 0 aliphatic carbocycles. The zero-order valence-corrected chi connectivity index (χ0v) is 11.0. The molecular weight excluding hydrogens is 234 g/mol. The number of rotatable bonds is 7. The minimum absolute atomic E-state index is 0.187. The molecule has 1 aromatic rings. The van der Waals surface area contributed by atoms with Gasteiger partial charge in [-0.2, -0.15) is 0 Å². The molecule has 0 amide bonds. The van der Waals surface area contributed by atoms with E-state index in [1.54, 1.807) is 7.11 Å². The zero-order valence-electron chi connectivity index (χ0n) is 11.0. The molecule has 0 saturated carbocycles. The maximum absolute atomic E-state index is 10.9. The summed E-state index contributed by atoms with van der Waals surface area (Å²) in [6, 6.07) is 5.67. The summed E-state index contributed by atoms with van der Waals surface area (Å²) >= 11 is 0. The van der Waals surface area contributed by atoms with Crippen molar-refractivity contribution in [3.63, 3.8) is 0 Å². The molecule has 0 aliphatic heterocycles. The van der Waals surface area contributed by atoms with Crippen LogP contribution < -0.4 is 14.8 Å². The molecule has 0 saturated heterocycles. The highest BCUT2D eigenvalue weighted by atomic mass is 16.5. The van der Waals surface area contributed by atoms with Gasteiger partial charge in [0.2, 0.25) is 0 Å². The third kappa shape index (κ3) is 4.25. The van der Waals surface area contributed by atoms with Crippen molar-refractivity contribution in [2.24, 2.45) is 0 Å². The van der Waals surface area contributed by atoms with Crippen molar-refractivity contribution in [3.8, 4) is 11.5 Å². The van der Waals surface area contributed by atoms with E-state index in [4.69, 9.17) is 9.47 Å². The van der Waals surface area contributed by atoms with Crippen LogP contribution in [-0.2, 0) is 16.1 Å². The molecular formula is C13H19NO4. The lowest BCUT2D eigenvalue weighted by Gasteiger charge is -2.11. The Morgan fingerprint density at radius 3 is 2.67 bits per heavy atom. The number of carbonyl (C=O) groups excluding carboxylic acids is 1. The highest BCUT2D eigenvalue weighted by Gasteiger charge is 2.05. The largest absolute Gasteiger partial charge is 0.493 e. The molecule has 5 heteroatoms. The van der Waals surface area contributed by atoms with Crippen molar-refractivity contribution < 1.29 is 19.0 Å². The minimum Gasteiger partial charge on any atom is -0.493 e. The van der Waals surface area contributed by atoms with Crippen molar-refractivity contribution in [2.45, 2.75) is 13.5 Å². The smallest absolute Gasteiger partial charge is 0.319 e. The molecule has 5 nitrogen and oxygen atoms in total. The standard InChI is InChI=1S/C13H19NO4/c1-4-18-11-6-5-10(7-12(11)16-2)8-14-9-13(15)17-3/h5-7,14H,4,8-9H2,1-3H3. The molecule has 0 spiro atoms. The van der Waals surface area contributed by atoms with Crippen LogP contribution in [0, 0.1) is 0 Å². The molecule has 1 aromatic carbocycles. The van der Waals surface area contributed by atoms with E-state index in [1.165, 1.54) is 7.11 Å². The SMILES string of the molecule is CCOc1ccc(CNCC(=O)OC)cc1OC. The average Bonchev–Trinajstić information content (AvgIpc) is 2.40. The fraction of sp³-hybridized carbons (Fsp3) is 0.462. The van der Waals surface area contributed by atoms with Crippen molar-refractivity contribution >= 4 is 5.97 Å². The van der Waals surface area contributed by atoms with E-state index in [9.17, 15) is 4.79 Å². The molecule has 0 heterocycles. The lowest BCUT2D eigenvalue weighted by atomic mass is 10.2. The molecule has 0 bridgehead atoms. The summed E-state index contributed by atoms with van der Waals surface area (Å²) in [4.78, 5) is 10.9. The lowest BCUT2D eigenvalue weighted by Crippen LogP contribution is -2.23. The Kier molecular flexibility index (Phi) is 6.00. The Labute approximate surface area is 107 Å². The molecule has 1 rings (SSSR count). The number of benzene rings is 1. The van der Waals surface area contributed by atoms with Crippen LogP contribution in [0.25, 0.3) is 0 Å². The normalized spacial score (nSPS) is 9.94. The highest BCUT2D eigenvalue weighted by molar-refractivity contribution is 5.71. The maximum Gasteiger partial charge on any atom is 0.319 e. The third-order valence-corrected chi connectivity index (χ3v) is 2.35. The molecule has 0 atom stereocenters. The number of methoxy groups -OCH3 is 2. The number of nitrogens with one attached hydrogen (secondary N) is 1. The molecule has 18 heavy (non-hydrogen) atoms. The van der Waals surface area contributed by atoms with E-state index in [2.05, 4.69) is 10.1 Å². The number of hydrogen-bond donors (Lipinski definition) is 1. The monoisotopic (exact) mass is 253 g/mol. The van der Waals surface area contributed by atoms with E-state index in [0.29, 0.717) is 18.9 Å². The van der Waals surface area contributed by atoms with E-state index >= 15 is 0 Å². The molecule has 0 aromatic heterocycles. The van der Waals surface area contributed by atoms with Gasteiger partial charge in [-0.15, -0.1) is 0 Å². The van der Waals surface area contributed by atoms with Gasteiger partial charge in [0.25, 0.3) is 0 Å². The Bertz CT molecular complexity index is 393. The van der Waals surface area contributed by atoms with Crippen molar-refractivity contribution in [1.29, 1.82) is 0 Å². The summed E-state index contributed by atoms with van der Waals surface area (Å²) in [6.07, 6.45) is 0. The molecule has 1 N–H and O–H groups in total. The average molecular weight is 253 g/mol. The third-order valence-electron chi connectivity index (χ3n) is 2.35. The van der Waals surface area contributed by atoms with Crippen LogP contribution in [0.15, 0.2) is 18.2 Å². The van der Waals surface area contributed by atoms with Gasteiger partial charge in [0, 0.05) is 6.54 Å². The fourth-order valence-corrected chi connectivity index (χ4v) is 1.48. The minimum atomic E-state index is -0.284. The van der Waals surface area contributed by atoms with Gasteiger partial charge >= 0.3 is 5.97 Å². The van der Waals surface area contributed by atoms with Crippen LogP contribution in [0.1, 0.15) is 12.5 Å². The number of esters is 1. The summed E-state index contributed by atoms with van der Waals surface area (Å²) in [5, 5.41) is 2.98. The predicted octanol–water partition coefficient (Wildman–Crippen LogP) is 1.36. The second kappa shape index (κ2) is 7.55. The Balaban J connectivity index is 2.59. The number of hydrogen-bond acceptors (Lipinski definition) is 5. The first-order chi connectivity index (χ1) is 8.71. The molecule has 0 radical (unpaired) electrons. The highest BCUT2D eigenvalue weighted by Crippen LogP contribution is 2.27. The van der Waals surface area contributed by atoms with E-state index in [1.807, 2.05) is 25.1 Å². The topological polar surface area (TPSA) is 56.8 Å². The van der Waals surface area contributed by atoms with Crippen molar-refractivity contribution in [2.75, 3.05) is 27.4 Å². The van der Waals surface area contributed by atoms with Crippen molar-refractivity contribution in [1.82, 2.24) is 5.32 Å². The molecule has 0 fully saturated rings. The summed E-state index contributed by atoms with van der Waals surface area (Å²) < 4.78 is 15.2. The van der Waals surface area contributed by atoms with Crippen LogP contribution in [0.5, 0.6) is 11.5 Å². The van der Waals surface area contributed by atoms with Gasteiger partial charge in [-0.3, -0.25) is 4.79 Å².